The van der Waals surface area contributed by atoms with E-state index >= 15 is 0 Å². The van der Waals surface area contributed by atoms with Gasteiger partial charge in [0.1, 0.15) is 11.3 Å². The van der Waals surface area contributed by atoms with Crippen LogP contribution in [-0.4, -0.2) is 15.0 Å². The maximum absolute atomic E-state index is 6.40. The Labute approximate surface area is 372 Å². The molecule has 0 fully saturated rings. The van der Waals surface area contributed by atoms with Crippen molar-refractivity contribution in [2.24, 2.45) is 0 Å². The van der Waals surface area contributed by atoms with Gasteiger partial charge in [0.05, 0.1) is 0 Å². The second-order valence-corrected chi connectivity index (χ2v) is 17.1. The third kappa shape index (κ3) is 6.59. The highest BCUT2D eigenvalue weighted by molar-refractivity contribution is 6.08. The predicted molar refractivity (Wildman–Crippen MR) is 267 cm³/mol. The molecule has 10 aromatic rings. The number of hydrogen-bond acceptors (Lipinski definition) is 4. The van der Waals surface area contributed by atoms with Crippen LogP contribution in [0.15, 0.2) is 205 Å². The zero-order chi connectivity index (χ0) is 43.5. The molecule has 0 saturated heterocycles. The first kappa shape index (κ1) is 38.7. The van der Waals surface area contributed by atoms with Gasteiger partial charge in [-0.3, -0.25) is 0 Å². The van der Waals surface area contributed by atoms with Crippen LogP contribution in [0.1, 0.15) is 30.7 Å². The van der Waals surface area contributed by atoms with Gasteiger partial charge in [0.2, 0.25) is 0 Å². The Morgan fingerprint density at radius 3 is 1.84 bits per heavy atom. The molecule has 0 bridgehead atoms. The van der Waals surface area contributed by atoms with Crippen molar-refractivity contribution in [3.05, 3.63) is 228 Å². The van der Waals surface area contributed by atoms with Crippen molar-refractivity contribution in [1.29, 1.82) is 0 Å². The summed E-state index contributed by atoms with van der Waals surface area (Å²) >= 11 is 0. The van der Waals surface area contributed by atoms with Gasteiger partial charge in [-0.05, 0) is 113 Å². The zero-order valence-corrected chi connectivity index (χ0v) is 35.8. The van der Waals surface area contributed by atoms with E-state index < -0.39 is 0 Å². The molecule has 0 saturated carbocycles. The third-order valence-corrected chi connectivity index (χ3v) is 12.8. The summed E-state index contributed by atoms with van der Waals surface area (Å²) in [6.07, 6.45) is 6.02. The molecular formula is C60H43N3O. The summed E-state index contributed by atoms with van der Waals surface area (Å²) in [7, 11) is 0. The molecule has 0 atom stereocenters. The molecule has 4 heteroatoms. The normalized spacial score (nSPS) is 13.2. The summed E-state index contributed by atoms with van der Waals surface area (Å²) in [5.74, 6) is 2.58. The first-order chi connectivity index (χ1) is 31.2. The fraction of sp³-hybridized carbons (Fsp3) is 0.0500. The molecule has 0 radical (unpaired) electrons. The molecule has 64 heavy (non-hydrogen) atoms. The number of hydrogen-bond donors (Lipinski definition) is 0. The molecule has 0 unspecified atom stereocenters. The molecule has 2 heterocycles. The highest BCUT2D eigenvalue weighted by atomic mass is 16.3. The maximum Gasteiger partial charge on any atom is 0.164 e. The summed E-state index contributed by atoms with van der Waals surface area (Å²) in [6.45, 7) is 17.9. The van der Waals surface area contributed by atoms with Crippen molar-refractivity contribution in [2.45, 2.75) is 19.3 Å². The summed E-state index contributed by atoms with van der Waals surface area (Å²) in [4.78, 5) is 15.3. The van der Waals surface area contributed by atoms with Crippen LogP contribution in [-0.2, 0) is 5.41 Å². The molecule has 304 valence electrons. The average Bonchev–Trinajstić information content (AvgIpc) is 3.87. The summed E-state index contributed by atoms with van der Waals surface area (Å²) in [5, 5.41) is 7.68. The van der Waals surface area contributed by atoms with Crippen molar-refractivity contribution in [3.8, 4) is 56.4 Å². The first-order valence-corrected chi connectivity index (χ1v) is 21.6. The van der Waals surface area contributed by atoms with Crippen molar-refractivity contribution >= 4 is 51.2 Å². The molecule has 1 aliphatic rings. The fourth-order valence-corrected chi connectivity index (χ4v) is 9.41. The van der Waals surface area contributed by atoms with E-state index in [2.05, 4.69) is 167 Å². The van der Waals surface area contributed by atoms with Gasteiger partial charge in [0.25, 0.3) is 0 Å². The van der Waals surface area contributed by atoms with Crippen LogP contribution in [0.3, 0.4) is 0 Å². The molecule has 2 aromatic heterocycles. The Kier molecular flexibility index (Phi) is 9.25. The quantitative estimate of drug-likeness (QED) is 0.113. The number of aromatic nitrogens is 3. The SMILES string of the molecule is C=C(/C=C\c1cc2c(-c3cccc(-c4nc(-c5ccccc5)nc(-c5ccc6c(c5)-c5ccccc5C6(C)C)n4)c3)cccc2o1)C(=C)/C=c1\c(=C)c2ccccc2c2ccccc12. The number of allylic oxidation sites excluding steroid dienone is 3. The molecule has 0 N–H and O–H groups in total. The molecule has 0 amide bonds. The Bertz CT molecular complexity index is 3700. The number of nitrogens with zero attached hydrogens (tertiary/aromatic N) is 3. The second kappa shape index (κ2) is 15.3. The summed E-state index contributed by atoms with van der Waals surface area (Å²) in [5.41, 5.74) is 12.2. The number of rotatable bonds is 8. The number of furan rings is 1. The lowest BCUT2D eigenvalue weighted by molar-refractivity contribution is 0.604. The maximum atomic E-state index is 6.40. The fourth-order valence-electron chi connectivity index (χ4n) is 9.41. The highest BCUT2D eigenvalue weighted by Gasteiger charge is 2.35. The van der Waals surface area contributed by atoms with Crippen LogP contribution in [0.5, 0.6) is 0 Å². The van der Waals surface area contributed by atoms with Crippen LogP contribution in [0, 0.1) is 0 Å². The topological polar surface area (TPSA) is 51.8 Å². The van der Waals surface area contributed by atoms with Gasteiger partial charge in [-0.2, -0.15) is 0 Å². The van der Waals surface area contributed by atoms with E-state index in [1.807, 2.05) is 54.6 Å². The van der Waals surface area contributed by atoms with Gasteiger partial charge in [-0.15, -0.1) is 0 Å². The van der Waals surface area contributed by atoms with E-state index in [0.717, 1.165) is 76.9 Å². The van der Waals surface area contributed by atoms with Crippen LogP contribution in [0.4, 0.5) is 0 Å². The Morgan fingerprint density at radius 1 is 0.484 bits per heavy atom. The lowest BCUT2D eigenvalue weighted by Gasteiger charge is -2.21. The molecular weight excluding hydrogens is 779 g/mol. The van der Waals surface area contributed by atoms with E-state index in [9.17, 15) is 0 Å². The minimum absolute atomic E-state index is 0.0893. The minimum Gasteiger partial charge on any atom is -0.457 e. The van der Waals surface area contributed by atoms with Gasteiger partial charge in [-0.25, -0.2) is 15.0 Å². The molecule has 8 aromatic carbocycles. The molecule has 4 nitrogen and oxygen atoms in total. The zero-order valence-electron chi connectivity index (χ0n) is 35.8. The van der Waals surface area contributed by atoms with Crippen LogP contribution < -0.4 is 10.4 Å². The predicted octanol–water partition coefficient (Wildman–Crippen LogP) is 13.9. The minimum atomic E-state index is -0.0893. The van der Waals surface area contributed by atoms with Crippen LogP contribution >= 0.6 is 0 Å². The van der Waals surface area contributed by atoms with Crippen molar-refractivity contribution in [1.82, 2.24) is 15.0 Å². The van der Waals surface area contributed by atoms with E-state index in [0.29, 0.717) is 17.5 Å². The first-order valence-electron chi connectivity index (χ1n) is 21.6. The molecule has 1 aliphatic carbocycles. The lowest BCUT2D eigenvalue weighted by atomic mass is 9.82. The molecule has 0 aliphatic heterocycles. The third-order valence-electron chi connectivity index (χ3n) is 12.8. The summed E-state index contributed by atoms with van der Waals surface area (Å²) < 4.78 is 6.40. The smallest absolute Gasteiger partial charge is 0.164 e. The van der Waals surface area contributed by atoms with Gasteiger partial charge in [0, 0.05) is 27.5 Å². The van der Waals surface area contributed by atoms with Gasteiger partial charge in [0.15, 0.2) is 17.5 Å². The van der Waals surface area contributed by atoms with E-state index in [1.165, 1.54) is 33.0 Å². The number of fused-ring (bicyclic) bond motifs is 7. The Hall–Kier alpha value is -8.21. The van der Waals surface area contributed by atoms with Crippen molar-refractivity contribution in [2.75, 3.05) is 0 Å². The van der Waals surface area contributed by atoms with E-state index in [-0.39, 0.29) is 5.41 Å². The van der Waals surface area contributed by atoms with Crippen LogP contribution in [0.2, 0.25) is 0 Å². The standard InChI is InChI=1S/C60H43N3O/c1-37(38(2)33-51-39(3)45-21-9-10-22-47(45)48-23-11-12-24-49(48)51)29-31-44-36-53-46(26-16-28-56(53)64-44)41-19-15-20-42(34-41)58-61-57(40-17-7-6-8-18-40)62-59(63-58)43-30-32-55-52(35-43)50-25-13-14-27-54(50)60(55,4)5/h6-36H,1-3H2,4-5H3/b31-29-,51-33+. The Morgan fingerprint density at radius 2 is 1.06 bits per heavy atom. The van der Waals surface area contributed by atoms with Gasteiger partial charge in [-0.1, -0.05) is 185 Å². The Balaban J connectivity index is 0.929. The summed E-state index contributed by atoms with van der Waals surface area (Å²) in [6, 6.07) is 59.0. The second-order valence-electron chi connectivity index (χ2n) is 17.1. The van der Waals surface area contributed by atoms with Crippen molar-refractivity contribution in [3.63, 3.8) is 0 Å². The van der Waals surface area contributed by atoms with E-state index in [1.54, 1.807) is 0 Å². The van der Waals surface area contributed by atoms with E-state index in [4.69, 9.17) is 19.4 Å². The van der Waals surface area contributed by atoms with Gasteiger partial charge < -0.3 is 4.42 Å². The monoisotopic (exact) mass is 821 g/mol. The lowest BCUT2D eigenvalue weighted by Crippen LogP contribution is -2.25. The van der Waals surface area contributed by atoms with Crippen LogP contribution in [0.25, 0.3) is 108 Å². The average molecular weight is 822 g/mol. The number of benzene rings is 8. The largest absolute Gasteiger partial charge is 0.457 e. The molecule has 11 rings (SSSR count). The highest BCUT2D eigenvalue weighted by Crippen LogP contribution is 2.49. The molecule has 0 spiro atoms. The van der Waals surface area contributed by atoms with Crippen molar-refractivity contribution < 1.29 is 4.42 Å². The van der Waals surface area contributed by atoms with Gasteiger partial charge >= 0.3 is 0 Å².